The summed E-state index contributed by atoms with van der Waals surface area (Å²) in [5, 5.41) is 2.74. The quantitative estimate of drug-likeness (QED) is 0.843. The van der Waals surface area contributed by atoms with E-state index in [2.05, 4.69) is 5.32 Å². The molecule has 0 spiro atoms. The van der Waals surface area contributed by atoms with Crippen molar-refractivity contribution >= 4 is 22.8 Å². The monoisotopic (exact) mass is 398 g/mol. The normalized spacial score (nSPS) is 15.8. The second-order valence-electron chi connectivity index (χ2n) is 6.84. The lowest BCUT2D eigenvalue weighted by Crippen LogP contribution is -2.47. The molecule has 7 nitrogen and oxygen atoms in total. The first kappa shape index (κ1) is 20.0. The molecule has 2 heterocycles. The van der Waals surface area contributed by atoms with Crippen molar-refractivity contribution in [2.75, 3.05) is 19.6 Å². The van der Waals surface area contributed by atoms with Gasteiger partial charge in [-0.1, -0.05) is 12.1 Å². The van der Waals surface area contributed by atoms with Crippen LogP contribution in [0.25, 0.3) is 11.0 Å². The van der Waals surface area contributed by atoms with E-state index in [-0.39, 0.29) is 50.6 Å². The van der Waals surface area contributed by atoms with Crippen LogP contribution in [0, 0.1) is 5.92 Å². The molecule has 0 atom stereocenters. The largest absolute Gasteiger partial charge is 0.471 e. The van der Waals surface area contributed by atoms with Gasteiger partial charge in [0.1, 0.15) is 0 Å². The molecular formula is C18H21F3N4O3. The number of carbonyl (C=O) groups excluding carboxylic acids is 2. The van der Waals surface area contributed by atoms with Crippen LogP contribution in [-0.2, 0) is 23.2 Å². The first-order valence-electron chi connectivity index (χ1n) is 8.98. The van der Waals surface area contributed by atoms with Crippen molar-refractivity contribution in [1.29, 1.82) is 0 Å². The van der Waals surface area contributed by atoms with Crippen molar-refractivity contribution < 1.29 is 22.8 Å². The summed E-state index contributed by atoms with van der Waals surface area (Å²) < 4.78 is 40.5. The summed E-state index contributed by atoms with van der Waals surface area (Å²) in [7, 11) is 1.68. The van der Waals surface area contributed by atoms with Gasteiger partial charge in [0.2, 0.25) is 5.91 Å². The van der Waals surface area contributed by atoms with Crippen LogP contribution in [-0.4, -0.2) is 51.7 Å². The minimum absolute atomic E-state index is 0.0980. The first-order valence-corrected chi connectivity index (χ1v) is 8.98. The molecule has 2 aromatic rings. The Morgan fingerprint density at radius 1 is 1.14 bits per heavy atom. The molecule has 0 saturated carbocycles. The molecule has 152 valence electrons. The lowest BCUT2D eigenvalue weighted by molar-refractivity contribution is -0.186. The molecule has 28 heavy (non-hydrogen) atoms. The molecule has 1 N–H and O–H groups in total. The number of hydrogen-bond donors (Lipinski definition) is 1. The number of nitrogens with one attached hydrogen (secondary N) is 1. The number of carbonyl (C=O) groups is 2. The van der Waals surface area contributed by atoms with Crippen LogP contribution in [0.4, 0.5) is 13.2 Å². The van der Waals surface area contributed by atoms with Gasteiger partial charge < -0.3 is 10.2 Å². The van der Waals surface area contributed by atoms with E-state index in [0.717, 1.165) is 15.9 Å². The van der Waals surface area contributed by atoms with E-state index in [4.69, 9.17) is 0 Å². The van der Waals surface area contributed by atoms with Gasteiger partial charge in [0, 0.05) is 39.1 Å². The highest BCUT2D eigenvalue weighted by molar-refractivity contribution is 5.83. The number of halogens is 3. The summed E-state index contributed by atoms with van der Waals surface area (Å²) in [6.07, 6.45) is -4.52. The molecule has 0 unspecified atom stereocenters. The number of fused-ring (bicyclic) bond motifs is 1. The summed E-state index contributed by atoms with van der Waals surface area (Å²) in [4.78, 5) is 36.6. The van der Waals surface area contributed by atoms with Crippen LogP contribution in [0.1, 0.15) is 12.8 Å². The third kappa shape index (κ3) is 3.90. The number of aryl methyl sites for hydroxylation is 1. The van der Waals surface area contributed by atoms with Gasteiger partial charge in [-0.3, -0.25) is 18.7 Å². The van der Waals surface area contributed by atoms with E-state index in [0.29, 0.717) is 0 Å². The highest BCUT2D eigenvalue weighted by Gasteiger charge is 2.43. The number of hydrogen-bond acceptors (Lipinski definition) is 3. The molecular weight excluding hydrogens is 377 g/mol. The number of aromatic nitrogens is 2. The van der Waals surface area contributed by atoms with Gasteiger partial charge in [-0.25, -0.2) is 4.79 Å². The molecule has 1 fully saturated rings. The van der Waals surface area contributed by atoms with Crippen molar-refractivity contribution in [2.45, 2.75) is 25.6 Å². The maximum absolute atomic E-state index is 12.5. The molecule has 2 amide bonds. The van der Waals surface area contributed by atoms with Crippen molar-refractivity contribution in [1.82, 2.24) is 19.4 Å². The fourth-order valence-electron chi connectivity index (χ4n) is 3.54. The fourth-order valence-corrected chi connectivity index (χ4v) is 3.54. The molecule has 1 saturated heterocycles. The fraction of sp³-hybridized carbons (Fsp3) is 0.500. The van der Waals surface area contributed by atoms with Gasteiger partial charge in [-0.15, -0.1) is 0 Å². The van der Waals surface area contributed by atoms with Crippen molar-refractivity contribution in [3.8, 4) is 0 Å². The van der Waals surface area contributed by atoms with Gasteiger partial charge in [-0.2, -0.15) is 13.2 Å². The summed E-state index contributed by atoms with van der Waals surface area (Å²) in [6.45, 7) is 0.324. The topological polar surface area (TPSA) is 76.3 Å². The summed E-state index contributed by atoms with van der Waals surface area (Å²) >= 11 is 0. The van der Waals surface area contributed by atoms with Gasteiger partial charge in [-0.05, 0) is 25.0 Å². The Morgan fingerprint density at radius 3 is 2.36 bits per heavy atom. The van der Waals surface area contributed by atoms with Gasteiger partial charge in [0.25, 0.3) is 0 Å². The van der Waals surface area contributed by atoms with Gasteiger partial charge >= 0.3 is 17.8 Å². The number of para-hydroxylation sites is 2. The van der Waals surface area contributed by atoms with E-state index < -0.39 is 18.0 Å². The van der Waals surface area contributed by atoms with Crippen LogP contribution in [0.5, 0.6) is 0 Å². The third-order valence-corrected chi connectivity index (χ3v) is 5.08. The molecule has 0 radical (unpaired) electrons. The Labute approximate surface area is 158 Å². The Bertz CT molecular complexity index is 940. The van der Waals surface area contributed by atoms with E-state index in [1.165, 1.54) is 4.57 Å². The van der Waals surface area contributed by atoms with E-state index in [9.17, 15) is 27.6 Å². The lowest BCUT2D eigenvalue weighted by atomic mass is 9.96. The number of likely N-dealkylation sites (tertiary alicyclic amines) is 1. The number of piperidine rings is 1. The van der Waals surface area contributed by atoms with E-state index in [1.807, 2.05) is 24.3 Å². The minimum Gasteiger partial charge on any atom is -0.354 e. The number of rotatable bonds is 4. The predicted octanol–water partition coefficient (Wildman–Crippen LogP) is 1.26. The Balaban J connectivity index is 1.53. The average Bonchev–Trinajstić information content (AvgIpc) is 2.92. The molecule has 0 aliphatic carbocycles. The zero-order valence-corrected chi connectivity index (χ0v) is 15.3. The number of imidazole rings is 1. The maximum Gasteiger partial charge on any atom is 0.471 e. The minimum atomic E-state index is -4.89. The number of benzene rings is 1. The summed E-state index contributed by atoms with van der Waals surface area (Å²) in [5.41, 5.74) is 1.37. The molecule has 0 bridgehead atoms. The van der Waals surface area contributed by atoms with Gasteiger partial charge in [0.15, 0.2) is 0 Å². The van der Waals surface area contributed by atoms with Crippen molar-refractivity contribution in [3.63, 3.8) is 0 Å². The highest BCUT2D eigenvalue weighted by Crippen LogP contribution is 2.24. The Morgan fingerprint density at radius 2 is 1.75 bits per heavy atom. The first-order chi connectivity index (χ1) is 13.2. The van der Waals surface area contributed by atoms with Crippen LogP contribution < -0.4 is 11.0 Å². The van der Waals surface area contributed by atoms with E-state index in [1.54, 1.807) is 11.6 Å². The van der Waals surface area contributed by atoms with Crippen molar-refractivity contribution in [3.05, 3.63) is 34.7 Å². The zero-order chi connectivity index (χ0) is 20.5. The SMILES string of the molecule is Cn1c(=O)n(CCNC(=O)C2CCN(C(=O)C(F)(F)F)CC2)c2ccccc21. The second kappa shape index (κ2) is 7.69. The smallest absolute Gasteiger partial charge is 0.354 e. The highest BCUT2D eigenvalue weighted by atomic mass is 19.4. The lowest BCUT2D eigenvalue weighted by Gasteiger charge is -2.31. The molecule has 1 aliphatic heterocycles. The summed E-state index contributed by atoms with van der Waals surface area (Å²) in [5.74, 6) is -2.57. The molecule has 1 aromatic heterocycles. The average molecular weight is 398 g/mol. The van der Waals surface area contributed by atoms with Crippen molar-refractivity contribution in [2.24, 2.45) is 13.0 Å². The molecule has 10 heteroatoms. The van der Waals surface area contributed by atoms with E-state index >= 15 is 0 Å². The molecule has 1 aliphatic rings. The zero-order valence-electron chi connectivity index (χ0n) is 15.3. The van der Waals surface area contributed by atoms with Gasteiger partial charge in [0.05, 0.1) is 11.0 Å². The van der Waals surface area contributed by atoms with Crippen LogP contribution in [0.15, 0.2) is 29.1 Å². The third-order valence-electron chi connectivity index (χ3n) is 5.08. The molecule has 1 aromatic carbocycles. The van der Waals surface area contributed by atoms with Crippen LogP contribution >= 0.6 is 0 Å². The standard InChI is InChI=1S/C18H21F3N4O3/c1-23-13-4-2-3-5-14(13)25(17(23)28)11-8-22-15(26)12-6-9-24(10-7-12)16(27)18(19,20)21/h2-5,12H,6-11H2,1H3,(H,22,26). The maximum atomic E-state index is 12.5. The number of nitrogens with zero attached hydrogens (tertiary/aromatic N) is 3. The summed E-state index contributed by atoms with van der Waals surface area (Å²) in [6, 6.07) is 7.32. The predicted molar refractivity (Wildman–Crippen MR) is 95.5 cm³/mol. The molecule has 3 rings (SSSR count). The number of alkyl halides is 3. The second-order valence-corrected chi connectivity index (χ2v) is 6.84. The Kier molecular flexibility index (Phi) is 5.48. The van der Waals surface area contributed by atoms with Crippen LogP contribution in [0.2, 0.25) is 0 Å². The number of amides is 2. The van der Waals surface area contributed by atoms with Crippen LogP contribution in [0.3, 0.4) is 0 Å². The Hall–Kier alpha value is -2.78.